The van der Waals surface area contributed by atoms with Crippen molar-refractivity contribution in [2.24, 2.45) is 0 Å². The minimum absolute atomic E-state index is 0.0266. The predicted molar refractivity (Wildman–Crippen MR) is 242 cm³/mol. The fraction of sp³-hybridized carbons (Fsp3) is 0.875. The van der Waals surface area contributed by atoms with Crippen molar-refractivity contribution in [1.82, 2.24) is 0 Å². The lowest BCUT2D eigenvalue weighted by atomic mass is 10.1. The quantitative estimate of drug-likeness (QED) is 0.0159. The van der Waals surface area contributed by atoms with Gasteiger partial charge in [-0.3, -0.25) is 18.6 Å². The summed E-state index contributed by atoms with van der Waals surface area (Å²) >= 11 is 0. The zero-order valence-electron chi connectivity index (χ0n) is 38.7. The van der Waals surface area contributed by atoms with Crippen LogP contribution in [0.15, 0.2) is 24.3 Å². The maximum atomic E-state index is 12.7. The summed E-state index contributed by atoms with van der Waals surface area (Å²) in [5.74, 6) is -0.818. The number of phosphoric ester groups is 1. The highest BCUT2D eigenvalue weighted by Crippen LogP contribution is 2.43. The van der Waals surface area contributed by atoms with E-state index in [4.69, 9.17) is 23.3 Å². The Labute approximate surface area is 362 Å². The third kappa shape index (κ3) is 37.9. The van der Waals surface area contributed by atoms with Crippen LogP contribution in [0.2, 0.25) is 0 Å². The zero-order chi connectivity index (χ0) is 43.3. The standard InChI is InChI=1S/C48H90NO9P/c1-6-8-10-12-14-15-16-17-18-19-20-21-22-23-24-25-26-30-34-38-47(50)54-42-44(43-56-59(52,53)55-41-40-49(3,4)5)57-48(51)39-35-31-27-29-33-37-46-45(58-46)36-32-28-13-11-9-7-2/h17-18,28,32,44-46H,6-16,19-27,29-31,33-43H2,1-5H3/p+1/b18-17-,32-28-/t44-,45?,46?/m1/s1. The summed E-state index contributed by atoms with van der Waals surface area (Å²) in [6.45, 7) is 4.38. The van der Waals surface area contributed by atoms with Crippen molar-refractivity contribution in [3.63, 3.8) is 0 Å². The number of quaternary nitrogens is 1. The Morgan fingerprint density at radius 1 is 0.610 bits per heavy atom. The van der Waals surface area contributed by atoms with E-state index in [-0.39, 0.29) is 32.0 Å². The summed E-state index contributed by atoms with van der Waals surface area (Å²) < 4.78 is 40.2. The molecule has 0 aromatic heterocycles. The zero-order valence-corrected chi connectivity index (χ0v) is 39.6. The van der Waals surface area contributed by atoms with E-state index in [9.17, 15) is 19.0 Å². The molecular weight excluding hydrogens is 766 g/mol. The molecule has 0 bridgehead atoms. The van der Waals surface area contributed by atoms with Gasteiger partial charge in [-0.1, -0.05) is 154 Å². The van der Waals surface area contributed by atoms with Crippen molar-refractivity contribution < 1.29 is 46.8 Å². The molecule has 0 spiro atoms. The van der Waals surface area contributed by atoms with Gasteiger partial charge < -0.3 is 23.6 Å². The maximum Gasteiger partial charge on any atom is 0.472 e. The molecule has 0 aromatic carbocycles. The number of epoxide rings is 1. The molecule has 1 aliphatic heterocycles. The highest BCUT2D eigenvalue weighted by Gasteiger charge is 2.36. The van der Waals surface area contributed by atoms with Gasteiger partial charge >= 0.3 is 19.8 Å². The number of carbonyl (C=O) groups is 2. The molecule has 4 atom stereocenters. The molecule has 1 aliphatic rings. The van der Waals surface area contributed by atoms with Crippen LogP contribution in [0.4, 0.5) is 0 Å². The lowest BCUT2D eigenvalue weighted by molar-refractivity contribution is -0.870. The van der Waals surface area contributed by atoms with Gasteiger partial charge in [0, 0.05) is 12.8 Å². The average molecular weight is 857 g/mol. The van der Waals surface area contributed by atoms with Crippen molar-refractivity contribution >= 4 is 19.8 Å². The van der Waals surface area contributed by atoms with Crippen molar-refractivity contribution in [3.05, 3.63) is 24.3 Å². The first-order valence-electron chi connectivity index (χ1n) is 24.2. The molecule has 59 heavy (non-hydrogen) atoms. The highest BCUT2D eigenvalue weighted by molar-refractivity contribution is 7.47. The van der Waals surface area contributed by atoms with Gasteiger partial charge in [0.1, 0.15) is 19.8 Å². The minimum atomic E-state index is -4.39. The topological polar surface area (TPSA) is 121 Å². The van der Waals surface area contributed by atoms with E-state index >= 15 is 0 Å². The van der Waals surface area contributed by atoms with Gasteiger partial charge in [0.15, 0.2) is 6.10 Å². The highest BCUT2D eigenvalue weighted by atomic mass is 31.2. The summed E-state index contributed by atoms with van der Waals surface area (Å²) in [5.41, 5.74) is 0. The summed E-state index contributed by atoms with van der Waals surface area (Å²) in [6, 6.07) is 0. The molecule has 1 fully saturated rings. The number of esters is 2. The molecule has 1 rings (SSSR count). The Bertz CT molecular complexity index is 1120. The molecular formula is C48H91NO9P+. The number of unbranched alkanes of at least 4 members (excludes halogenated alkanes) is 22. The Hall–Kier alpha value is -1.55. The van der Waals surface area contributed by atoms with Crippen LogP contribution in [-0.4, -0.2) is 87.1 Å². The Kier molecular flexibility index (Phi) is 34.8. The normalized spacial score (nSPS) is 17.1. The number of hydrogen-bond acceptors (Lipinski definition) is 8. The summed E-state index contributed by atoms with van der Waals surface area (Å²) in [4.78, 5) is 35.5. The Balaban J connectivity index is 2.24. The number of allylic oxidation sites excluding steroid dienone is 3. The fourth-order valence-electron chi connectivity index (χ4n) is 6.96. The third-order valence-electron chi connectivity index (χ3n) is 10.9. The van der Waals surface area contributed by atoms with Gasteiger partial charge in [0.2, 0.25) is 0 Å². The molecule has 11 heteroatoms. The number of nitrogens with zero attached hydrogens (tertiary/aromatic N) is 1. The third-order valence-corrected chi connectivity index (χ3v) is 11.9. The number of rotatable bonds is 43. The fourth-order valence-corrected chi connectivity index (χ4v) is 7.70. The first-order valence-corrected chi connectivity index (χ1v) is 25.7. The van der Waals surface area contributed by atoms with E-state index in [1.165, 1.54) is 109 Å². The first-order chi connectivity index (χ1) is 28.5. The van der Waals surface area contributed by atoms with Crippen LogP contribution in [-0.2, 0) is 37.4 Å². The van der Waals surface area contributed by atoms with E-state index in [1.807, 2.05) is 21.1 Å². The van der Waals surface area contributed by atoms with E-state index in [0.29, 0.717) is 29.7 Å². The van der Waals surface area contributed by atoms with Crippen LogP contribution in [0.5, 0.6) is 0 Å². The van der Waals surface area contributed by atoms with E-state index < -0.39 is 26.5 Å². The second kappa shape index (κ2) is 37.0. The summed E-state index contributed by atoms with van der Waals surface area (Å²) in [6.07, 6.45) is 42.4. The van der Waals surface area contributed by atoms with Crippen molar-refractivity contribution in [2.45, 2.75) is 225 Å². The van der Waals surface area contributed by atoms with E-state index in [1.54, 1.807) is 0 Å². The molecule has 0 radical (unpaired) electrons. The minimum Gasteiger partial charge on any atom is -0.462 e. The van der Waals surface area contributed by atoms with Gasteiger partial charge in [-0.2, -0.15) is 0 Å². The smallest absolute Gasteiger partial charge is 0.462 e. The second-order valence-corrected chi connectivity index (χ2v) is 19.3. The van der Waals surface area contributed by atoms with Crippen LogP contribution < -0.4 is 0 Å². The average Bonchev–Trinajstić information content (AvgIpc) is 3.94. The van der Waals surface area contributed by atoms with Gasteiger partial charge in [0.25, 0.3) is 0 Å². The Morgan fingerprint density at radius 2 is 1.08 bits per heavy atom. The van der Waals surface area contributed by atoms with E-state index in [2.05, 4.69) is 38.2 Å². The van der Waals surface area contributed by atoms with Crippen LogP contribution in [0.3, 0.4) is 0 Å². The van der Waals surface area contributed by atoms with Crippen molar-refractivity contribution in [3.8, 4) is 0 Å². The maximum absolute atomic E-state index is 12.7. The number of likely N-dealkylation sites (N-methyl/N-ethyl adjacent to an activating group) is 1. The molecule has 1 saturated heterocycles. The lowest BCUT2D eigenvalue weighted by Crippen LogP contribution is -2.37. The largest absolute Gasteiger partial charge is 0.472 e. The number of hydrogen-bond donors (Lipinski definition) is 1. The Morgan fingerprint density at radius 3 is 1.66 bits per heavy atom. The van der Waals surface area contributed by atoms with Crippen molar-refractivity contribution in [2.75, 3.05) is 47.5 Å². The van der Waals surface area contributed by atoms with Gasteiger partial charge in [-0.05, 0) is 64.2 Å². The van der Waals surface area contributed by atoms with Crippen LogP contribution in [0.25, 0.3) is 0 Å². The summed E-state index contributed by atoms with van der Waals surface area (Å²) in [7, 11) is 1.46. The molecule has 0 aliphatic carbocycles. The van der Waals surface area contributed by atoms with Gasteiger partial charge in [-0.15, -0.1) is 0 Å². The first kappa shape index (κ1) is 55.5. The van der Waals surface area contributed by atoms with Crippen molar-refractivity contribution in [1.29, 1.82) is 0 Å². The van der Waals surface area contributed by atoms with Crippen LogP contribution >= 0.6 is 7.82 Å². The molecule has 346 valence electrons. The van der Waals surface area contributed by atoms with Crippen LogP contribution in [0, 0.1) is 0 Å². The monoisotopic (exact) mass is 857 g/mol. The SMILES string of the molecule is CCCCC/C=C\CC1OC1CCCCCCCC(=O)O[C@H](COC(=O)CCCCCCCCCCC/C=C\CCCCCCCC)COP(=O)(O)OCC[N+](C)(C)C. The summed E-state index contributed by atoms with van der Waals surface area (Å²) in [5, 5.41) is 0. The molecule has 0 amide bonds. The predicted octanol–water partition coefficient (Wildman–Crippen LogP) is 12.9. The molecule has 0 saturated carbocycles. The molecule has 10 nitrogen and oxygen atoms in total. The second-order valence-electron chi connectivity index (χ2n) is 17.9. The molecule has 3 unspecified atom stereocenters. The molecule has 0 aromatic rings. The number of phosphoric acid groups is 1. The molecule has 1 heterocycles. The van der Waals surface area contributed by atoms with Gasteiger partial charge in [0.05, 0.1) is 40.0 Å². The molecule has 1 N–H and O–H groups in total. The number of ether oxygens (including phenoxy) is 3. The van der Waals surface area contributed by atoms with E-state index in [0.717, 1.165) is 64.2 Å². The van der Waals surface area contributed by atoms with Crippen LogP contribution in [0.1, 0.15) is 206 Å². The van der Waals surface area contributed by atoms with Gasteiger partial charge in [-0.25, -0.2) is 4.57 Å². The lowest BCUT2D eigenvalue weighted by Gasteiger charge is -2.24. The number of carbonyl (C=O) groups excluding carboxylic acids is 2.